The number of hydrogen-bond donors (Lipinski definition) is 1. The number of nitrogen functional groups attached to an aromatic ring is 1. The highest BCUT2D eigenvalue weighted by atomic mass is 35.5. The van der Waals surface area contributed by atoms with E-state index in [0.717, 1.165) is 17.8 Å². The zero-order chi connectivity index (χ0) is 10.1. The normalized spacial score (nSPS) is 10.7. The van der Waals surface area contributed by atoms with Gasteiger partial charge >= 0.3 is 0 Å². The van der Waals surface area contributed by atoms with Crippen LogP contribution in [-0.4, -0.2) is 15.0 Å². The molecule has 5 heteroatoms. The van der Waals surface area contributed by atoms with Crippen molar-refractivity contribution in [1.29, 1.82) is 0 Å². The van der Waals surface area contributed by atoms with Crippen LogP contribution in [0.3, 0.4) is 0 Å². The molecule has 0 bridgehead atoms. The zero-order valence-electron chi connectivity index (χ0n) is 7.66. The molecular weight excluding hydrogens is 200 g/mol. The summed E-state index contributed by atoms with van der Waals surface area (Å²) in [4.78, 5) is 12.5. The fourth-order valence-electron chi connectivity index (χ4n) is 1.22. The van der Waals surface area contributed by atoms with Crippen LogP contribution >= 0.6 is 11.6 Å². The fourth-order valence-corrected chi connectivity index (χ4v) is 1.37. The summed E-state index contributed by atoms with van der Waals surface area (Å²) < 4.78 is 0. The minimum absolute atomic E-state index is 0.384. The van der Waals surface area contributed by atoms with E-state index in [9.17, 15) is 0 Å². The third-order valence-corrected chi connectivity index (χ3v) is 2.11. The quantitative estimate of drug-likeness (QED) is 0.727. The van der Waals surface area contributed by atoms with Crippen molar-refractivity contribution in [2.24, 2.45) is 0 Å². The molecule has 0 radical (unpaired) electrons. The number of fused-ring (bicyclic) bond motifs is 1. The average molecular weight is 209 g/mol. The third kappa shape index (κ3) is 1.48. The van der Waals surface area contributed by atoms with Gasteiger partial charge in [0, 0.05) is 6.42 Å². The number of anilines is 1. The molecule has 0 aromatic carbocycles. The van der Waals surface area contributed by atoms with Gasteiger partial charge in [0.1, 0.15) is 16.5 Å². The standard InChI is InChI=1S/C9H9ClN4/c1-2-7-12-5-3-4-6(10)13-8(5)9(11)14-7/h3-4H,2H2,1H3,(H2,11,12,14). The molecule has 2 N–H and O–H groups in total. The average Bonchev–Trinajstić information content (AvgIpc) is 2.19. The lowest BCUT2D eigenvalue weighted by Gasteiger charge is -2.02. The van der Waals surface area contributed by atoms with E-state index in [2.05, 4.69) is 15.0 Å². The first-order valence-electron chi connectivity index (χ1n) is 4.29. The van der Waals surface area contributed by atoms with Gasteiger partial charge in [-0.15, -0.1) is 0 Å². The Bertz CT molecular complexity index is 483. The van der Waals surface area contributed by atoms with Gasteiger partial charge in [-0.1, -0.05) is 18.5 Å². The molecule has 2 aromatic rings. The van der Waals surface area contributed by atoms with Crippen LogP contribution in [0.2, 0.25) is 5.15 Å². The van der Waals surface area contributed by atoms with Crippen molar-refractivity contribution in [3.05, 3.63) is 23.1 Å². The highest BCUT2D eigenvalue weighted by Crippen LogP contribution is 2.18. The summed E-state index contributed by atoms with van der Waals surface area (Å²) in [6.07, 6.45) is 0.753. The van der Waals surface area contributed by atoms with Gasteiger partial charge < -0.3 is 5.73 Å². The van der Waals surface area contributed by atoms with Gasteiger partial charge in [-0.25, -0.2) is 15.0 Å². The van der Waals surface area contributed by atoms with Gasteiger partial charge in [-0.05, 0) is 12.1 Å². The van der Waals surface area contributed by atoms with E-state index in [0.29, 0.717) is 16.5 Å². The predicted octanol–water partition coefficient (Wildman–Crippen LogP) is 1.82. The van der Waals surface area contributed by atoms with Crippen molar-refractivity contribution in [2.45, 2.75) is 13.3 Å². The Hall–Kier alpha value is -1.42. The summed E-state index contributed by atoms with van der Waals surface area (Å²) >= 11 is 5.74. The first-order chi connectivity index (χ1) is 6.70. The van der Waals surface area contributed by atoms with Crippen LogP contribution in [0.25, 0.3) is 11.0 Å². The van der Waals surface area contributed by atoms with E-state index < -0.39 is 0 Å². The number of aromatic nitrogens is 3. The SMILES string of the molecule is CCc1nc(N)c2nc(Cl)ccc2n1. The molecule has 14 heavy (non-hydrogen) atoms. The van der Waals surface area contributed by atoms with Crippen molar-refractivity contribution in [2.75, 3.05) is 5.73 Å². The van der Waals surface area contributed by atoms with Crippen LogP contribution in [-0.2, 0) is 6.42 Å². The van der Waals surface area contributed by atoms with Gasteiger partial charge in [0.2, 0.25) is 0 Å². The molecule has 0 amide bonds. The zero-order valence-corrected chi connectivity index (χ0v) is 8.41. The number of halogens is 1. The Labute approximate surface area is 86.1 Å². The van der Waals surface area contributed by atoms with E-state index in [4.69, 9.17) is 17.3 Å². The Kier molecular flexibility index (Phi) is 2.21. The van der Waals surface area contributed by atoms with E-state index in [1.807, 2.05) is 6.92 Å². The fraction of sp³-hybridized carbons (Fsp3) is 0.222. The summed E-state index contributed by atoms with van der Waals surface area (Å²) in [6.45, 7) is 1.98. The highest BCUT2D eigenvalue weighted by Gasteiger charge is 2.05. The predicted molar refractivity (Wildman–Crippen MR) is 56.1 cm³/mol. The molecule has 0 spiro atoms. The molecule has 2 heterocycles. The molecule has 0 saturated heterocycles. The van der Waals surface area contributed by atoms with Gasteiger partial charge in [-0.2, -0.15) is 0 Å². The second-order valence-electron chi connectivity index (χ2n) is 2.88. The lowest BCUT2D eigenvalue weighted by molar-refractivity contribution is 0.962. The lowest BCUT2D eigenvalue weighted by atomic mass is 10.3. The van der Waals surface area contributed by atoms with E-state index in [1.54, 1.807) is 12.1 Å². The Balaban J connectivity index is 2.76. The topological polar surface area (TPSA) is 64.7 Å². The van der Waals surface area contributed by atoms with E-state index >= 15 is 0 Å². The lowest BCUT2D eigenvalue weighted by Crippen LogP contribution is -2.01. The summed E-state index contributed by atoms with van der Waals surface area (Å²) in [5.41, 5.74) is 7.03. The van der Waals surface area contributed by atoms with Crippen molar-refractivity contribution >= 4 is 28.5 Å². The van der Waals surface area contributed by atoms with E-state index in [-0.39, 0.29) is 0 Å². The smallest absolute Gasteiger partial charge is 0.153 e. The van der Waals surface area contributed by atoms with Crippen LogP contribution in [0.1, 0.15) is 12.7 Å². The second-order valence-corrected chi connectivity index (χ2v) is 3.27. The monoisotopic (exact) mass is 208 g/mol. The van der Waals surface area contributed by atoms with Crippen molar-refractivity contribution in [3.8, 4) is 0 Å². The molecule has 0 aliphatic heterocycles. The molecular formula is C9H9ClN4. The van der Waals surface area contributed by atoms with Crippen LogP contribution in [0, 0.1) is 0 Å². The van der Waals surface area contributed by atoms with Crippen LogP contribution < -0.4 is 5.73 Å². The maximum absolute atomic E-state index is 5.74. The molecule has 0 aliphatic carbocycles. The van der Waals surface area contributed by atoms with Gasteiger partial charge in [0.25, 0.3) is 0 Å². The molecule has 2 aromatic heterocycles. The summed E-state index contributed by atoms with van der Waals surface area (Å²) in [5.74, 6) is 1.11. The molecule has 72 valence electrons. The van der Waals surface area contributed by atoms with Gasteiger partial charge in [-0.3, -0.25) is 0 Å². The molecule has 0 saturated carbocycles. The van der Waals surface area contributed by atoms with Crippen LogP contribution in [0.15, 0.2) is 12.1 Å². The maximum Gasteiger partial charge on any atom is 0.153 e. The third-order valence-electron chi connectivity index (χ3n) is 1.90. The van der Waals surface area contributed by atoms with Crippen LogP contribution in [0.5, 0.6) is 0 Å². The first-order valence-corrected chi connectivity index (χ1v) is 4.67. The Morgan fingerprint density at radius 2 is 2.07 bits per heavy atom. The van der Waals surface area contributed by atoms with E-state index in [1.165, 1.54) is 0 Å². The van der Waals surface area contributed by atoms with Crippen molar-refractivity contribution in [1.82, 2.24) is 15.0 Å². The molecule has 2 rings (SSSR count). The van der Waals surface area contributed by atoms with Crippen molar-refractivity contribution < 1.29 is 0 Å². The summed E-state index contributed by atoms with van der Waals surface area (Å²) in [7, 11) is 0. The number of hydrogen-bond acceptors (Lipinski definition) is 4. The Morgan fingerprint density at radius 3 is 2.79 bits per heavy atom. The number of nitrogens with two attached hydrogens (primary N) is 1. The highest BCUT2D eigenvalue weighted by molar-refractivity contribution is 6.29. The number of nitrogens with zero attached hydrogens (tertiary/aromatic N) is 3. The molecule has 4 nitrogen and oxygen atoms in total. The molecule has 0 fully saturated rings. The first kappa shape index (κ1) is 9.15. The second kappa shape index (κ2) is 3.38. The number of rotatable bonds is 1. The Morgan fingerprint density at radius 1 is 1.29 bits per heavy atom. The summed E-state index contributed by atoms with van der Waals surface area (Å²) in [5, 5.41) is 0.400. The van der Waals surface area contributed by atoms with Gasteiger partial charge in [0.15, 0.2) is 5.82 Å². The largest absolute Gasteiger partial charge is 0.382 e. The van der Waals surface area contributed by atoms with Crippen molar-refractivity contribution in [3.63, 3.8) is 0 Å². The van der Waals surface area contributed by atoms with Crippen LogP contribution in [0.4, 0.5) is 5.82 Å². The number of pyridine rings is 1. The minimum atomic E-state index is 0.384. The van der Waals surface area contributed by atoms with Gasteiger partial charge in [0.05, 0.1) is 5.52 Å². The molecule has 0 unspecified atom stereocenters. The molecule has 0 aliphatic rings. The molecule has 0 atom stereocenters. The number of aryl methyl sites for hydroxylation is 1. The summed E-state index contributed by atoms with van der Waals surface area (Å²) in [6, 6.07) is 3.48. The minimum Gasteiger partial charge on any atom is -0.382 e. The maximum atomic E-state index is 5.74.